The largest absolute Gasteiger partial charge is 0.319 e. The van der Waals surface area contributed by atoms with Gasteiger partial charge in [-0.15, -0.1) is 0 Å². The first-order chi connectivity index (χ1) is 8.91. The topological polar surface area (TPSA) is 43.8 Å². The van der Waals surface area contributed by atoms with Gasteiger partial charge < -0.3 is 5.73 Å². The highest BCUT2D eigenvalue weighted by Crippen LogP contribution is 2.32. The number of aromatic nitrogens is 2. The highest BCUT2D eigenvalue weighted by atomic mass is 79.9. The number of benzene rings is 1. The molecule has 0 amide bonds. The van der Waals surface area contributed by atoms with Gasteiger partial charge in [-0.1, -0.05) is 45.2 Å². The summed E-state index contributed by atoms with van der Waals surface area (Å²) in [5.74, 6) is 0. The van der Waals surface area contributed by atoms with E-state index in [2.05, 4.69) is 40.9 Å². The molecule has 1 aromatic heterocycles. The molecule has 2 rings (SSSR count). The van der Waals surface area contributed by atoms with Crippen LogP contribution in [0.4, 0.5) is 0 Å². The molecule has 2 aromatic rings. The minimum Gasteiger partial charge on any atom is -0.319 e. The van der Waals surface area contributed by atoms with Crippen molar-refractivity contribution in [2.24, 2.45) is 5.73 Å². The van der Waals surface area contributed by atoms with E-state index in [1.54, 1.807) is 6.20 Å². The lowest BCUT2D eigenvalue weighted by Crippen LogP contribution is -2.19. The van der Waals surface area contributed by atoms with E-state index in [0.29, 0.717) is 5.02 Å². The number of nitrogens with two attached hydrogens (primary N) is 1. The average Bonchev–Trinajstić information content (AvgIpc) is 2.73. The molecule has 0 saturated carbocycles. The molecule has 1 atom stereocenters. The summed E-state index contributed by atoms with van der Waals surface area (Å²) in [5.41, 5.74) is 9.43. The number of nitrogens with zero attached hydrogens (tertiary/aromatic N) is 2. The maximum Gasteiger partial charge on any atom is 0.0837 e. The van der Waals surface area contributed by atoms with E-state index in [1.807, 2.05) is 23.7 Å². The third kappa shape index (κ3) is 2.86. The molecule has 0 saturated heterocycles. The Bertz CT molecular complexity index is 592. The van der Waals surface area contributed by atoms with Crippen LogP contribution in [-0.4, -0.2) is 9.78 Å². The second kappa shape index (κ2) is 5.65. The van der Waals surface area contributed by atoms with E-state index in [1.165, 1.54) is 5.56 Å². The maximum atomic E-state index is 6.39. The zero-order valence-corrected chi connectivity index (χ0v) is 13.5. The fourth-order valence-electron chi connectivity index (χ4n) is 2.10. The fraction of sp³-hybridized carbons (Fsp3) is 0.357. The Hall–Kier alpha value is -0.840. The van der Waals surface area contributed by atoms with Gasteiger partial charge in [0.1, 0.15) is 0 Å². The van der Waals surface area contributed by atoms with Gasteiger partial charge in [-0.3, -0.25) is 4.68 Å². The van der Waals surface area contributed by atoms with Gasteiger partial charge in [0.05, 0.1) is 23.0 Å². The summed E-state index contributed by atoms with van der Waals surface area (Å²) >= 11 is 9.80. The minimum absolute atomic E-state index is 0.220. The van der Waals surface area contributed by atoms with E-state index in [4.69, 9.17) is 17.3 Å². The molecule has 2 N–H and O–H groups in total. The quantitative estimate of drug-likeness (QED) is 0.907. The summed E-state index contributed by atoms with van der Waals surface area (Å²) in [6, 6.07) is 6.04. The first-order valence-electron chi connectivity index (χ1n) is 6.16. The first kappa shape index (κ1) is 14.6. The van der Waals surface area contributed by atoms with Crippen molar-refractivity contribution in [1.29, 1.82) is 0 Å². The highest BCUT2D eigenvalue weighted by molar-refractivity contribution is 9.10. The SMILES string of the molecule is Cc1ccc(Br)c(C(N)c2c(Cl)cnn2C(C)C)c1. The molecule has 0 aliphatic heterocycles. The van der Waals surface area contributed by atoms with Crippen molar-refractivity contribution in [2.75, 3.05) is 0 Å². The van der Waals surface area contributed by atoms with Crippen LogP contribution in [0.25, 0.3) is 0 Å². The summed E-state index contributed by atoms with van der Waals surface area (Å²) in [5, 5.41) is 4.91. The van der Waals surface area contributed by atoms with Gasteiger partial charge in [0.2, 0.25) is 0 Å². The zero-order valence-electron chi connectivity index (χ0n) is 11.2. The van der Waals surface area contributed by atoms with Crippen LogP contribution in [0.15, 0.2) is 28.9 Å². The van der Waals surface area contributed by atoms with Crippen molar-refractivity contribution in [3.63, 3.8) is 0 Å². The third-order valence-corrected chi connectivity index (χ3v) is 4.07. The Morgan fingerprint density at radius 1 is 1.37 bits per heavy atom. The number of hydrogen-bond donors (Lipinski definition) is 1. The summed E-state index contributed by atoms with van der Waals surface area (Å²) in [6.07, 6.45) is 1.65. The summed E-state index contributed by atoms with van der Waals surface area (Å²) in [4.78, 5) is 0. The second-order valence-corrected chi connectivity index (χ2v) is 6.18. The van der Waals surface area contributed by atoms with Crippen LogP contribution in [0.3, 0.4) is 0 Å². The molecule has 0 aliphatic rings. The van der Waals surface area contributed by atoms with Crippen LogP contribution in [-0.2, 0) is 0 Å². The molecule has 1 unspecified atom stereocenters. The monoisotopic (exact) mass is 341 g/mol. The van der Waals surface area contributed by atoms with Crippen LogP contribution in [0.5, 0.6) is 0 Å². The first-order valence-corrected chi connectivity index (χ1v) is 7.33. The molecule has 0 spiro atoms. The molecule has 1 heterocycles. The standard InChI is InChI=1S/C14H17BrClN3/c1-8(2)19-14(12(16)7-18-19)13(17)10-6-9(3)4-5-11(10)15/h4-8,13H,17H2,1-3H3. The van der Waals surface area contributed by atoms with Crippen LogP contribution in [0.1, 0.15) is 42.8 Å². The van der Waals surface area contributed by atoms with Gasteiger partial charge in [-0.2, -0.15) is 5.10 Å². The molecular formula is C14H17BrClN3. The Labute approximate surface area is 126 Å². The number of rotatable bonds is 3. The van der Waals surface area contributed by atoms with Crippen molar-refractivity contribution >= 4 is 27.5 Å². The average molecular weight is 343 g/mol. The Balaban J connectivity index is 2.52. The lowest BCUT2D eigenvalue weighted by atomic mass is 10.0. The van der Waals surface area contributed by atoms with Crippen LogP contribution < -0.4 is 5.73 Å². The van der Waals surface area contributed by atoms with Gasteiger partial charge in [-0.25, -0.2) is 0 Å². The Morgan fingerprint density at radius 3 is 2.68 bits per heavy atom. The molecule has 1 aromatic carbocycles. The van der Waals surface area contributed by atoms with Crippen molar-refractivity contribution in [2.45, 2.75) is 32.9 Å². The normalized spacial score (nSPS) is 13.0. The van der Waals surface area contributed by atoms with E-state index in [-0.39, 0.29) is 12.1 Å². The maximum absolute atomic E-state index is 6.39. The van der Waals surface area contributed by atoms with E-state index in [9.17, 15) is 0 Å². The predicted octanol–water partition coefficient (Wildman–Crippen LogP) is 4.24. The summed E-state index contributed by atoms with van der Waals surface area (Å²) in [6.45, 7) is 6.17. The van der Waals surface area contributed by atoms with Crippen LogP contribution in [0.2, 0.25) is 5.02 Å². The van der Waals surface area contributed by atoms with E-state index in [0.717, 1.165) is 15.7 Å². The lowest BCUT2D eigenvalue weighted by molar-refractivity contribution is 0.499. The van der Waals surface area contributed by atoms with E-state index >= 15 is 0 Å². The summed E-state index contributed by atoms with van der Waals surface area (Å²) < 4.78 is 2.86. The van der Waals surface area contributed by atoms with Gasteiger partial charge in [0, 0.05) is 10.5 Å². The van der Waals surface area contributed by atoms with Crippen molar-refractivity contribution in [3.05, 3.63) is 50.7 Å². The van der Waals surface area contributed by atoms with Crippen molar-refractivity contribution < 1.29 is 0 Å². The van der Waals surface area contributed by atoms with Crippen LogP contribution in [0, 0.1) is 6.92 Å². The third-order valence-electron chi connectivity index (χ3n) is 3.06. The Kier molecular flexibility index (Phi) is 4.33. The number of aryl methyl sites for hydroxylation is 1. The molecule has 19 heavy (non-hydrogen) atoms. The van der Waals surface area contributed by atoms with Crippen molar-refractivity contribution in [1.82, 2.24) is 9.78 Å². The molecular weight excluding hydrogens is 326 g/mol. The minimum atomic E-state index is -0.299. The molecule has 0 fully saturated rings. The molecule has 0 aliphatic carbocycles. The van der Waals surface area contributed by atoms with Gasteiger partial charge in [-0.05, 0) is 32.4 Å². The van der Waals surface area contributed by atoms with Crippen LogP contribution >= 0.6 is 27.5 Å². The fourth-order valence-corrected chi connectivity index (χ4v) is 2.84. The number of halogens is 2. The highest BCUT2D eigenvalue weighted by Gasteiger charge is 2.21. The zero-order chi connectivity index (χ0) is 14.2. The predicted molar refractivity (Wildman–Crippen MR) is 82.5 cm³/mol. The molecule has 5 heteroatoms. The molecule has 3 nitrogen and oxygen atoms in total. The van der Waals surface area contributed by atoms with Crippen molar-refractivity contribution in [3.8, 4) is 0 Å². The van der Waals surface area contributed by atoms with Gasteiger partial charge >= 0.3 is 0 Å². The Morgan fingerprint density at radius 2 is 2.05 bits per heavy atom. The van der Waals surface area contributed by atoms with Gasteiger partial charge in [0.15, 0.2) is 0 Å². The number of hydrogen-bond acceptors (Lipinski definition) is 2. The van der Waals surface area contributed by atoms with E-state index < -0.39 is 0 Å². The smallest absolute Gasteiger partial charge is 0.0837 e. The molecule has 102 valence electrons. The summed E-state index contributed by atoms with van der Waals surface area (Å²) in [7, 11) is 0. The lowest BCUT2D eigenvalue weighted by Gasteiger charge is -2.19. The molecule has 0 radical (unpaired) electrons. The second-order valence-electron chi connectivity index (χ2n) is 4.92. The van der Waals surface area contributed by atoms with Gasteiger partial charge in [0.25, 0.3) is 0 Å². The molecule has 0 bridgehead atoms.